The minimum atomic E-state index is -0.933. The lowest BCUT2D eigenvalue weighted by Gasteiger charge is -2.26. The summed E-state index contributed by atoms with van der Waals surface area (Å²) in [5.41, 5.74) is 0. The Morgan fingerprint density at radius 1 is 0.659 bits per heavy atom. The molecule has 1 saturated heterocycles. The Morgan fingerprint density at radius 2 is 1.05 bits per heavy atom. The van der Waals surface area contributed by atoms with Crippen molar-refractivity contribution in [3.63, 3.8) is 0 Å². The van der Waals surface area contributed by atoms with Crippen molar-refractivity contribution in [2.75, 3.05) is 13.2 Å². The molecule has 1 fully saturated rings. The molecule has 41 heavy (non-hydrogen) atoms. The van der Waals surface area contributed by atoms with Crippen molar-refractivity contribution in [1.29, 1.82) is 0 Å². The second kappa shape index (κ2) is 27.2. The van der Waals surface area contributed by atoms with Gasteiger partial charge in [-0.3, -0.25) is 0 Å². The molecule has 0 bridgehead atoms. The largest absolute Gasteiger partial charge is 0.484 e. The van der Waals surface area contributed by atoms with Crippen molar-refractivity contribution in [2.45, 2.75) is 192 Å². The maximum atomic E-state index is 10.7. The molecule has 2 N–H and O–H groups in total. The average molecular weight is 617 g/mol. The van der Waals surface area contributed by atoms with E-state index in [4.69, 9.17) is 38.6 Å². The minimum absolute atomic E-state index is 0.0411. The molecule has 1 rings (SSSR count). The molecule has 0 unspecified atom stereocenters. The summed E-state index contributed by atoms with van der Waals surface area (Å²) in [5.74, 6) is 0. The summed E-state index contributed by atoms with van der Waals surface area (Å²) in [5, 5.41) is 22.1. The first-order valence-corrected chi connectivity index (χ1v) is 18.1. The molecule has 4 atom stereocenters. The zero-order chi connectivity index (χ0) is 30.0. The highest BCUT2D eigenvalue weighted by atomic mass is 32.1. The first-order chi connectivity index (χ1) is 20.0. The van der Waals surface area contributed by atoms with Crippen LogP contribution in [0.2, 0.25) is 0 Å². The van der Waals surface area contributed by atoms with E-state index in [0.29, 0.717) is 16.5 Å². The molecule has 0 amide bonds. The molecular weight excluding hydrogens is 553 g/mol. The highest BCUT2D eigenvalue weighted by Crippen LogP contribution is 2.23. The van der Waals surface area contributed by atoms with Gasteiger partial charge in [0.1, 0.15) is 24.9 Å². The van der Waals surface area contributed by atoms with Crippen LogP contribution in [0.15, 0.2) is 0 Å². The molecule has 0 saturated carbocycles. The van der Waals surface area contributed by atoms with Crippen molar-refractivity contribution < 1.29 is 24.4 Å². The summed E-state index contributed by atoms with van der Waals surface area (Å²) in [6.07, 6.45) is 26.7. The predicted octanol–water partition coefficient (Wildman–Crippen LogP) is 9.57. The van der Waals surface area contributed by atoms with Gasteiger partial charge >= 0.3 is 0 Å². The molecule has 0 aromatic rings. The van der Waals surface area contributed by atoms with E-state index >= 15 is 0 Å². The third kappa shape index (κ3) is 21.1. The normalized spacial score (nSPS) is 19.4. The molecule has 0 spiro atoms. The van der Waals surface area contributed by atoms with Crippen LogP contribution in [0.5, 0.6) is 0 Å². The second-order valence-corrected chi connectivity index (χ2v) is 13.1. The van der Waals surface area contributed by atoms with Gasteiger partial charge in [-0.1, -0.05) is 142 Å². The number of unbranched alkanes of at least 4 members (excludes halogenated alkanes) is 20. The van der Waals surface area contributed by atoms with Gasteiger partial charge in [0.15, 0.2) is 16.2 Å². The van der Waals surface area contributed by atoms with E-state index in [1.807, 2.05) is 0 Å². The predicted molar refractivity (Wildman–Crippen MR) is 180 cm³/mol. The summed E-state index contributed by atoms with van der Waals surface area (Å²) < 4.78 is 17.2. The van der Waals surface area contributed by atoms with Crippen LogP contribution in [0, 0.1) is 0 Å². The first kappa shape index (κ1) is 38.7. The maximum absolute atomic E-state index is 10.7. The molecule has 0 aliphatic carbocycles. The van der Waals surface area contributed by atoms with Crippen LogP contribution in [0.25, 0.3) is 0 Å². The minimum Gasteiger partial charge on any atom is -0.484 e. The Hall–Kier alpha value is -0.340. The van der Waals surface area contributed by atoms with Gasteiger partial charge in [0.05, 0.1) is 6.61 Å². The Kier molecular flexibility index (Phi) is 25.7. The Morgan fingerprint density at radius 3 is 1.49 bits per heavy atom. The topological polar surface area (TPSA) is 68.2 Å². The Bertz CT molecular complexity index is 632. The summed E-state index contributed by atoms with van der Waals surface area (Å²) in [4.78, 5) is 0. The van der Waals surface area contributed by atoms with E-state index in [1.165, 1.54) is 116 Å². The Labute approximate surface area is 263 Å². The van der Waals surface area contributed by atoms with Crippen molar-refractivity contribution in [1.82, 2.24) is 0 Å². The van der Waals surface area contributed by atoms with E-state index in [2.05, 4.69) is 13.8 Å². The quantitative estimate of drug-likeness (QED) is 0.0670. The van der Waals surface area contributed by atoms with Gasteiger partial charge in [-0.05, 0) is 37.3 Å². The fraction of sp³-hybridized carbons (Fsp3) is 0.941. The third-order valence-electron chi connectivity index (χ3n) is 8.19. The zero-order valence-corrected chi connectivity index (χ0v) is 28.3. The lowest BCUT2D eigenvalue weighted by atomic mass is 10.0. The number of aliphatic hydroxyl groups excluding tert-OH is 2. The lowest BCUT2D eigenvalue weighted by Crippen LogP contribution is -2.43. The smallest absolute Gasteiger partial charge is 0.160 e. The highest BCUT2D eigenvalue weighted by molar-refractivity contribution is 7.80. The fourth-order valence-corrected chi connectivity index (χ4v) is 5.98. The second-order valence-electron chi connectivity index (χ2n) is 12.1. The zero-order valence-electron chi connectivity index (χ0n) is 26.6. The molecule has 1 aliphatic heterocycles. The summed E-state index contributed by atoms with van der Waals surface area (Å²) >= 11 is 10.8. The number of hydrogen-bond donors (Lipinski definition) is 2. The van der Waals surface area contributed by atoms with Crippen LogP contribution < -0.4 is 0 Å². The van der Waals surface area contributed by atoms with Gasteiger partial charge in [0.25, 0.3) is 0 Å². The molecule has 0 aromatic heterocycles. The van der Waals surface area contributed by atoms with E-state index < -0.39 is 24.4 Å². The number of ether oxygens (including phenoxy) is 3. The number of rotatable bonds is 28. The molecule has 5 nitrogen and oxygen atoms in total. The molecule has 7 heteroatoms. The van der Waals surface area contributed by atoms with Gasteiger partial charge in [-0.2, -0.15) is 0 Å². The van der Waals surface area contributed by atoms with Crippen molar-refractivity contribution in [2.24, 2.45) is 0 Å². The van der Waals surface area contributed by atoms with Crippen molar-refractivity contribution >= 4 is 34.5 Å². The van der Waals surface area contributed by atoms with Crippen LogP contribution in [0.1, 0.15) is 168 Å². The highest BCUT2D eigenvalue weighted by Gasteiger charge is 2.43. The summed E-state index contributed by atoms with van der Waals surface area (Å²) in [7, 11) is 0. The molecule has 242 valence electrons. The van der Waals surface area contributed by atoms with Crippen LogP contribution in [0.4, 0.5) is 0 Å². The summed E-state index contributed by atoms with van der Waals surface area (Å²) in [6, 6.07) is 0. The standard InChI is InChI=1S/C34H64O5S2/c1-3-5-7-9-11-13-15-17-19-21-23-25-31(40)37-27-29(35)33-34(30(36)28-38-33)39-32(41)26-24-22-20-18-16-14-12-10-8-6-4-2/h29-30,33-36H,3-28H2,1-2H3/t29-,30+,33-,34-/m0/s1. The van der Waals surface area contributed by atoms with Crippen LogP contribution in [-0.4, -0.2) is 57.9 Å². The summed E-state index contributed by atoms with van der Waals surface area (Å²) in [6.45, 7) is 4.68. The number of hydrogen-bond acceptors (Lipinski definition) is 7. The van der Waals surface area contributed by atoms with E-state index in [1.54, 1.807) is 0 Å². The SMILES string of the molecule is CCCCCCCCCCCCCC(=S)OC[C@H](O)[C@@H]1OC[C@@H](O)[C@@H]1OC(=S)CCCCCCCCCCCCC. The molecule has 0 aromatic carbocycles. The average Bonchev–Trinajstić information content (AvgIpc) is 3.32. The maximum Gasteiger partial charge on any atom is 0.160 e. The van der Waals surface area contributed by atoms with Gasteiger partial charge in [-0.15, -0.1) is 0 Å². The van der Waals surface area contributed by atoms with Crippen LogP contribution in [-0.2, 0) is 14.2 Å². The molecular formula is C34H64O5S2. The van der Waals surface area contributed by atoms with Gasteiger partial charge in [-0.25, -0.2) is 0 Å². The molecule has 0 radical (unpaired) electrons. The number of aliphatic hydroxyl groups is 2. The molecule has 1 heterocycles. The number of thiocarbonyl (C=S) groups is 2. The Balaban J connectivity index is 2.09. The lowest BCUT2D eigenvalue weighted by molar-refractivity contribution is -0.0620. The van der Waals surface area contributed by atoms with Crippen LogP contribution in [0.3, 0.4) is 0 Å². The molecule has 1 aliphatic rings. The third-order valence-corrected chi connectivity index (χ3v) is 8.82. The van der Waals surface area contributed by atoms with E-state index in [-0.39, 0.29) is 13.2 Å². The fourth-order valence-electron chi connectivity index (χ4n) is 5.52. The van der Waals surface area contributed by atoms with Crippen molar-refractivity contribution in [3.05, 3.63) is 0 Å². The van der Waals surface area contributed by atoms with E-state index in [0.717, 1.165) is 32.1 Å². The van der Waals surface area contributed by atoms with Gasteiger partial charge in [0.2, 0.25) is 0 Å². The van der Waals surface area contributed by atoms with Crippen LogP contribution >= 0.6 is 24.4 Å². The van der Waals surface area contributed by atoms with Gasteiger partial charge < -0.3 is 24.4 Å². The van der Waals surface area contributed by atoms with E-state index in [9.17, 15) is 10.2 Å². The van der Waals surface area contributed by atoms with Crippen molar-refractivity contribution in [3.8, 4) is 0 Å². The monoisotopic (exact) mass is 616 g/mol. The first-order valence-electron chi connectivity index (χ1n) is 17.3. The van der Waals surface area contributed by atoms with Gasteiger partial charge in [0, 0.05) is 12.8 Å².